The smallest absolute Gasteiger partial charge is 0.0849 e. The van der Waals surface area contributed by atoms with Crippen molar-refractivity contribution in [3.63, 3.8) is 0 Å². The van der Waals surface area contributed by atoms with E-state index in [0.29, 0.717) is 6.42 Å². The summed E-state index contributed by atoms with van der Waals surface area (Å²) >= 11 is 8.59. The fraction of sp³-hybridized carbons (Fsp3) is 0.231. The Bertz CT molecular complexity index is 522. The van der Waals surface area contributed by atoms with Crippen LogP contribution in [0, 0.1) is 6.92 Å². The first-order chi connectivity index (χ1) is 8.06. The van der Waals surface area contributed by atoms with Crippen LogP contribution in [-0.2, 0) is 6.42 Å². The molecule has 0 amide bonds. The number of aryl methyl sites for hydroxylation is 1. The van der Waals surface area contributed by atoms with Crippen LogP contribution in [0.1, 0.15) is 22.1 Å². The number of benzene rings is 1. The molecule has 17 heavy (non-hydrogen) atoms. The van der Waals surface area contributed by atoms with Crippen LogP contribution < -0.4 is 0 Å². The van der Waals surface area contributed by atoms with Crippen LogP contribution in [0.15, 0.2) is 38.6 Å². The lowest BCUT2D eigenvalue weighted by atomic mass is 10.0. The van der Waals surface area contributed by atoms with Gasteiger partial charge >= 0.3 is 0 Å². The van der Waals surface area contributed by atoms with Crippen LogP contribution in [-0.4, -0.2) is 5.11 Å². The minimum atomic E-state index is -0.462. The van der Waals surface area contributed by atoms with E-state index >= 15 is 0 Å². The van der Waals surface area contributed by atoms with Crippen molar-refractivity contribution in [1.29, 1.82) is 0 Å². The number of rotatable bonds is 3. The molecule has 1 aromatic heterocycles. The Labute approximate surface area is 122 Å². The fourth-order valence-electron chi connectivity index (χ4n) is 1.66. The zero-order valence-corrected chi connectivity index (χ0v) is 13.3. The van der Waals surface area contributed by atoms with E-state index in [9.17, 15) is 5.11 Å². The zero-order valence-electron chi connectivity index (χ0n) is 9.28. The van der Waals surface area contributed by atoms with E-state index in [-0.39, 0.29) is 0 Å². The molecule has 90 valence electrons. The van der Waals surface area contributed by atoms with Gasteiger partial charge in [-0.2, -0.15) is 0 Å². The molecule has 1 heterocycles. The van der Waals surface area contributed by atoms with Gasteiger partial charge in [-0.3, -0.25) is 0 Å². The summed E-state index contributed by atoms with van der Waals surface area (Å²) in [5.74, 6) is 0. The van der Waals surface area contributed by atoms with Crippen LogP contribution in [0.4, 0.5) is 0 Å². The average molecular weight is 376 g/mol. The van der Waals surface area contributed by atoms with Gasteiger partial charge in [0, 0.05) is 15.8 Å². The van der Waals surface area contributed by atoms with Gasteiger partial charge in [-0.05, 0) is 52.2 Å². The maximum atomic E-state index is 10.2. The number of aliphatic hydroxyl groups excluding tert-OH is 1. The number of hydrogen-bond donors (Lipinski definition) is 1. The number of hydrogen-bond acceptors (Lipinski definition) is 2. The van der Waals surface area contributed by atoms with E-state index in [1.165, 1.54) is 10.4 Å². The first-order valence-corrected chi connectivity index (χ1v) is 7.65. The topological polar surface area (TPSA) is 20.2 Å². The molecule has 0 fully saturated rings. The van der Waals surface area contributed by atoms with Crippen molar-refractivity contribution >= 4 is 43.2 Å². The second-order valence-corrected chi connectivity index (χ2v) is 7.35. The highest BCUT2D eigenvalue weighted by atomic mass is 79.9. The van der Waals surface area contributed by atoms with Crippen LogP contribution in [0.25, 0.3) is 0 Å². The minimum Gasteiger partial charge on any atom is -0.388 e. The van der Waals surface area contributed by atoms with E-state index in [1.54, 1.807) is 11.3 Å². The highest BCUT2D eigenvalue weighted by Gasteiger charge is 2.13. The molecule has 0 radical (unpaired) electrons. The number of halogens is 2. The van der Waals surface area contributed by atoms with Crippen LogP contribution in [0.2, 0.25) is 0 Å². The number of aliphatic hydroxyl groups is 1. The minimum absolute atomic E-state index is 0.462. The maximum absolute atomic E-state index is 10.2. The molecule has 2 rings (SSSR count). The molecule has 0 aliphatic carbocycles. The lowest BCUT2D eigenvalue weighted by Gasteiger charge is -2.12. The van der Waals surface area contributed by atoms with Gasteiger partial charge in [-0.25, -0.2) is 0 Å². The summed E-state index contributed by atoms with van der Waals surface area (Å²) < 4.78 is 2.07. The van der Waals surface area contributed by atoms with Gasteiger partial charge in [-0.15, -0.1) is 11.3 Å². The second kappa shape index (κ2) is 5.65. The van der Waals surface area contributed by atoms with Gasteiger partial charge in [0.25, 0.3) is 0 Å². The molecule has 1 N–H and O–H groups in total. The Morgan fingerprint density at radius 1 is 1.24 bits per heavy atom. The fourth-order valence-corrected chi connectivity index (χ4v) is 3.94. The Balaban J connectivity index is 2.17. The third kappa shape index (κ3) is 3.41. The molecule has 0 saturated carbocycles. The summed E-state index contributed by atoms with van der Waals surface area (Å²) in [5.41, 5.74) is 2.13. The standard InChI is InChI=1S/C13H12Br2OS/c1-8-2-4-10(11(14)6-8)12(16)7-9-3-5-13(15)17-9/h2-6,12,16H,7H2,1H3. The van der Waals surface area contributed by atoms with Crippen molar-refractivity contribution in [3.05, 3.63) is 54.6 Å². The van der Waals surface area contributed by atoms with Crippen molar-refractivity contribution in [1.82, 2.24) is 0 Å². The predicted molar refractivity (Wildman–Crippen MR) is 79.6 cm³/mol. The molecule has 1 nitrogen and oxygen atoms in total. The molecule has 0 aliphatic heterocycles. The van der Waals surface area contributed by atoms with Crippen LogP contribution in [0.3, 0.4) is 0 Å². The van der Waals surface area contributed by atoms with Crippen molar-refractivity contribution in [2.75, 3.05) is 0 Å². The highest BCUT2D eigenvalue weighted by molar-refractivity contribution is 9.11. The molecule has 4 heteroatoms. The Morgan fingerprint density at radius 3 is 2.59 bits per heavy atom. The summed E-state index contributed by atoms with van der Waals surface area (Å²) in [6.07, 6.45) is 0.188. The van der Waals surface area contributed by atoms with E-state index < -0.39 is 6.10 Å². The third-order valence-electron chi connectivity index (χ3n) is 2.54. The molecule has 0 aliphatic rings. The molecule has 0 saturated heterocycles. The summed E-state index contributed by atoms with van der Waals surface area (Å²) in [6, 6.07) is 10.1. The van der Waals surface area contributed by atoms with E-state index in [0.717, 1.165) is 13.8 Å². The Kier molecular flexibility index (Phi) is 4.42. The van der Waals surface area contributed by atoms with Gasteiger partial charge in [-0.1, -0.05) is 28.1 Å². The summed E-state index contributed by atoms with van der Waals surface area (Å²) in [5, 5.41) is 10.2. The quantitative estimate of drug-likeness (QED) is 0.812. The molecular formula is C13H12Br2OS. The lowest BCUT2D eigenvalue weighted by molar-refractivity contribution is 0.178. The molecule has 1 aromatic carbocycles. The largest absolute Gasteiger partial charge is 0.388 e. The average Bonchev–Trinajstić information content (AvgIpc) is 2.63. The van der Waals surface area contributed by atoms with Gasteiger partial charge in [0.2, 0.25) is 0 Å². The van der Waals surface area contributed by atoms with Crippen LogP contribution >= 0.6 is 43.2 Å². The second-order valence-electron chi connectivity index (χ2n) is 3.95. The molecular weight excluding hydrogens is 364 g/mol. The maximum Gasteiger partial charge on any atom is 0.0849 e. The van der Waals surface area contributed by atoms with Gasteiger partial charge in [0.05, 0.1) is 9.89 Å². The molecule has 2 aromatic rings. The Morgan fingerprint density at radius 2 is 2.00 bits per heavy atom. The first-order valence-electron chi connectivity index (χ1n) is 5.24. The van der Waals surface area contributed by atoms with E-state index in [4.69, 9.17) is 0 Å². The number of thiophene rings is 1. The van der Waals surface area contributed by atoms with Crippen molar-refractivity contribution in [3.8, 4) is 0 Å². The van der Waals surface area contributed by atoms with Gasteiger partial charge in [0.15, 0.2) is 0 Å². The third-order valence-corrected chi connectivity index (χ3v) is 4.87. The molecule has 1 unspecified atom stereocenters. The predicted octanol–water partition coefficient (Wildman–Crippen LogP) is 4.86. The van der Waals surface area contributed by atoms with E-state index in [1.807, 2.05) is 37.3 Å². The first kappa shape index (κ1) is 13.3. The lowest BCUT2D eigenvalue weighted by Crippen LogP contribution is -2.01. The highest BCUT2D eigenvalue weighted by Crippen LogP contribution is 2.30. The van der Waals surface area contributed by atoms with E-state index in [2.05, 4.69) is 31.9 Å². The zero-order chi connectivity index (χ0) is 12.4. The molecule has 0 spiro atoms. The Hall–Kier alpha value is -0.160. The van der Waals surface area contributed by atoms with Gasteiger partial charge < -0.3 is 5.11 Å². The summed E-state index contributed by atoms with van der Waals surface area (Å²) in [6.45, 7) is 2.04. The van der Waals surface area contributed by atoms with Crippen molar-refractivity contribution in [2.45, 2.75) is 19.4 Å². The van der Waals surface area contributed by atoms with Crippen LogP contribution in [0.5, 0.6) is 0 Å². The van der Waals surface area contributed by atoms with Crippen molar-refractivity contribution < 1.29 is 5.11 Å². The molecule has 1 atom stereocenters. The summed E-state index contributed by atoms with van der Waals surface area (Å²) in [7, 11) is 0. The SMILES string of the molecule is Cc1ccc(C(O)Cc2ccc(Br)s2)c(Br)c1. The van der Waals surface area contributed by atoms with Crippen molar-refractivity contribution in [2.24, 2.45) is 0 Å². The summed E-state index contributed by atoms with van der Waals surface area (Å²) in [4.78, 5) is 1.18. The monoisotopic (exact) mass is 374 g/mol. The normalized spacial score (nSPS) is 12.7. The molecule has 0 bridgehead atoms. The van der Waals surface area contributed by atoms with Gasteiger partial charge in [0.1, 0.15) is 0 Å².